The van der Waals surface area contributed by atoms with Crippen molar-refractivity contribution in [1.29, 1.82) is 0 Å². The maximum Gasteiger partial charge on any atom is 0.199 e. The minimum absolute atomic E-state index is 0.0565. The molecule has 3 rings (SSSR count). The zero-order valence-corrected chi connectivity index (χ0v) is 11.3. The number of aliphatic hydroxyl groups is 1. The summed E-state index contributed by atoms with van der Waals surface area (Å²) in [5.41, 5.74) is 2.11. The van der Waals surface area contributed by atoms with E-state index in [1.165, 1.54) is 24.3 Å². The van der Waals surface area contributed by atoms with Gasteiger partial charge in [-0.15, -0.1) is 0 Å². The van der Waals surface area contributed by atoms with E-state index in [4.69, 9.17) is 0 Å². The number of allylic oxidation sites excluding steroid dienone is 1. The van der Waals surface area contributed by atoms with Gasteiger partial charge in [0.05, 0.1) is 17.0 Å². The molecule has 0 amide bonds. The molecule has 0 spiro atoms. The number of fused-ring (bicyclic) bond motifs is 1. The molecule has 2 aromatic carbocycles. The summed E-state index contributed by atoms with van der Waals surface area (Å²) in [7, 11) is 0. The van der Waals surface area contributed by atoms with Gasteiger partial charge < -0.3 is 5.11 Å². The van der Waals surface area contributed by atoms with Gasteiger partial charge in [0.1, 0.15) is 11.6 Å². The quantitative estimate of drug-likeness (QED) is 0.843. The number of hydrogen-bond donors (Lipinski definition) is 1. The predicted octanol–water partition coefficient (Wildman–Crippen LogP) is 4.08. The highest BCUT2D eigenvalue weighted by Crippen LogP contribution is 2.32. The summed E-state index contributed by atoms with van der Waals surface area (Å²) in [5.74, 6) is -0.650. The van der Waals surface area contributed by atoms with E-state index in [0.29, 0.717) is 22.5 Å². The highest BCUT2D eigenvalue weighted by Gasteiger charge is 2.30. The van der Waals surface area contributed by atoms with Gasteiger partial charge in [-0.05, 0) is 31.2 Å². The Kier molecular flexibility index (Phi) is 3.14. The Balaban J connectivity index is 2.03. The predicted molar refractivity (Wildman–Crippen MR) is 79.5 cm³/mol. The van der Waals surface area contributed by atoms with Crippen LogP contribution in [0.15, 0.2) is 59.1 Å². The molecule has 104 valence electrons. The number of hydrogen-bond acceptors (Lipinski definition) is 3. The zero-order valence-electron chi connectivity index (χ0n) is 11.3. The van der Waals surface area contributed by atoms with Crippen LogP contribution in [0.4, 0.5) is 10.1 Å². The Labute approximate surface area is 121 Å². The molecule has 3 nitrogen and oxygen atoms in total. The van der Waals surface area contributed by atoms with Crippen molar-refractivity contribution in [2.45, 2.75) is 6.92 Å². The summed E-state index contributed by atoms with van der Waals surface area (Å²) in [4.78, 5) is 16.6. The van der Waals surface area contributed by atoms with Crippen molar-refractivity contribution in [3.8, 4) is 0 Å². The third kappa shape index (κ3) is 2.25. The van der Waals surface area contributed by atoms with Crippen LogP contribution in [-0.2, 0) is 0 Å². The summed E-state index contributed by atoms with van der Waals surface area (Å²) in [6.45, 7) is 1.65. The lowest BCUT2D eigenvalue weighted by molar-refractivity contribution is 0.104. The van der Waals surface area contributed by atoms with E-state index in [1.807, 2.05) is 0 Å². The molecule has 0 fully saturated rings. The zero-order chi connectivity index (χ0) is 15.0. The Hall–Kier alpha value is -2.75. The number of nitrogens with zero attached hydrogens (tertiary/aromatic N) is 1. The third-order valence-electron chi connectivity index (χ3n) is 3.38. The van der Waals surface area contributed by atoms with Crippen molar-refractivity contribution in [3.05, 3.63) is 71.0 Å². The van der Waals surface area contributed by atoms with Crippen LogP contribution in [-0.4, -0.2) is 16.6 Å². The van der Waals surface area contributed by atoms with E-state index in [1.54, 1.807) is 31.2 Å². The fourth-order valence-corrected chi connectivity index (χ4v) is 2.37. The maximum atomic E-state index is 12.9. The van der Waals surface area contributed by atoms with Crippen molar-refractivity contribution in [2.75, 3.05) is 0 Å². The number of halogens is 1. The van der Waals surface area contributed by atoms with E-state index in [9.17, 15) is 14.3 Å². The van der Waals surface area contributed by atoms with Crippen molar-refractivity contribution in [2.24, 2.45) is 4.99 Å². The van der Waals surface area contributed by atoms with Crippen LogP contribution in [0.2, 0.25) is 0 Å². The first-order valence-corrected chi connectivity index (χ1v) is 6.46. The SMILES string of the molecule is CC(=Nc1ccc(F)cc1)C1=C(O)c2ccccc2C1=O. The van der Waals surface area contributed by atoms with Crippen molar-refractivity contribution in [1.82, 2.24) is 0 Å². The van der Waals surface area contributed by atoms with Crippen LogP contribution in [0.3, 0.4) is 0 Å². The monoisotopic (exact) mass is 281 g/mol. The van der Waals surface area contributed by atoms with Gasteiger partial charge in [0.2, 0.25) is 0 Å². The highest BCUT2D eigenvalue weighted by molar-refractivity contribution is 6.35. The molecule has 0 aliphatic heterocycles. The van der Waals surface area contributed by atoms with Crippen LogP contribution < -0.4 is 0 Å². The molecule has 1 aliphatic rings. The molecule has 0 heterocycles. The second kappa shape index (κ2) is 4.98. The molecule has 0 unspecified atom stereocenters. The molecule has 1 aliphatic carbocycles. The maximum absolute atomic E-state index is 12.9. The lowest BCUT2D eigenvalue weighted by Gasteiger charge is -2.02. The number of carbonyl (C=O) groups excluding carboxylic acids is 1. The second-order valence-electron chi connectivity index (χ2n) is 4.77. The highest BCUT2D eigenvalue weighted by atomic mass is 19.1. The lowest BCUT2D eigenvalue weighted by Crippen LogP contribution is -2.07. The number of benzene rings is 2. The van der Waals surface area contributed by atoms with E-state index in [2.05, 4.69) is 4.99 Å². The lowest BCUT2D eigenvalue weighted by atomic mass is 10.1. The molecule has 21 heavy (non-hydrogen) atoms. The number of aliphatic imine (C=N–C) groups is 1. The number of rotatable bonds is 2. The number of carbonyl (C=O) groups is 1. The van der Waals surface area contributed by atoms with Gasteiger partial charge in [0.25, 0.3) is 0 Å². The second-order valence-corrected chi connectivity index (χ2v) is 4.77. The van der Waals surface area contributed by atoms with Gasteiger partial charge in [-0.3, -0.25) is 9.79 Å². The number of aliphatic hydroxyl groups excluding tert-OH is 1. The van der Waals surface area contributed by atoms with Gasteiger partial charge in [0, 0.05) is 11.1 Å². The fraction of sp³-hybridized carbons (Fsp3) is 0.0588. The van der Waals surface area contributed by atoms with Crippen LogP contribution in [0.5, 0.6) is 0 Å². The van der Waals surface area contributed by atoms with E-state index in [-0.39, 0.29) is 22.9 Å². The summed E-state index contributed by atoms with van der Waals surface area (Å²) < 4.78 is 12.9. The van der Waals surface area contributed by atoms with Gasteiger partial charge in [0.15, 0.2) is 5.78 Å². The van der Waals surface area contributed by atoms with Crippen LogP contribution in [0.25, 0.3) is 5.76 Å². The van der Waals surface area contributed by atoms with Gasteiger partial charge in [-0.1, -0.05) is 24.3 Å². The van der Waals surface area contributed by atoms with Gasteiger partial charge in [-0.2, -0.15) is 0 Å². The molecule has 2 aromatic rings. The molecule has 4 heteroatoms. The van der Waals surface area contributed by atoms with Gasteiger partial charge >= 0.3 is 0 Å². The molecular formula is C17H12FNO2. The largest absolute Gasteiger partial charge is 0.506 e. The molecular weight excluding hydrogens is 269 g/mol. The minimum atomic E-state index is -0.349. The molecule has 1 N–H and O–H groups in total. The molecule has 0 saturated heterocycles. The Morgan fingerprint density at radius 2 is 1.67 bits per heavy atom. The molecule has 0 atom stereocenters. The molecule has 0 aromatic heterocycles. The summed E-state index contributed by atoms with van der Waals surface area (Å²) in [5, 5.41) is 10.2. The molecule has 0 bridgehead atoms. The average Bonchev–Trinajstić information content (AvgIpc) is 2.74. The Morgan fingerprint density at radius 1 is 1.05 bits per heavy atom. The topological polar surface area (TPSA) is 49.7 Å². The standard InChI is InChI=1S/C17H12FNO2/c1-10(19-12-8-6-11(18)7-9-12)15-16(20)13-4-2-3-5-14(13)17(15)21/h2-9,20H,1H3. The first-order chi connectivity index (χ1) is 10.1. The van der Waals surface area contributed by atoms with Crippen LogP contribution >= 0.6 is 0 Å². The van der Waals surface area contributed by atoms with Crippen molar-refractivity contribution in [3.63, 3.8) is 0 Å². The smallest absolute Gasteiger partial charge is 0.199 e. The fourth-order valence-electron chi connectivity index (χ4n) is 2.37. The first kappa shape index (κ1) is 13.2. The Morgan fingerprint density at radius 3 is 2.29 bits per heavy atom. The van der Waals surface area contributed by atoms with Crippen LogP contribution in [0.1, 0.15) is 22.8 Å². The van der Waals surface area contributed by atoms with Crippen molar-refractivity contribution >= 4 is 22.9 Å². The summed E-state index contributed by atoms with van der Waals surface area (Å²) in [6.07, 6.45) is 0. The van der Waals surface area contributed by atoms with E-state index >= 15 is 0 Å². The molecule has 0 radical (unpaired) electrons. The first-order valence-electron chi connectivity index (χ1n) is 6.46. The average molecular weight is 281 g/mol. The number of ketones is 1. The van der Waals surface area contributed by atoms with E-state index < -0.39 is 0 Å². The number of Topliss-reactive ketones (excluding diaryl/α,β-unsaturated/α-hetero) is 1. The van der Waals surface area contributed by atoms with Crippen LogP contribution in [0, 0.1) is 5.82 Å². The normalized spacial score (nSPS) is 14.6. The minimum Gasteiger partial charge on any atom is -0.506 e. The summed E-state index contributed by atoms with van der Waals surface area (Å²) >= 11 is 0. The van der Waals surface area contributed by atoms with E-state index in [0.717, 1.165) is 0 Å². The van der Waals surface area contributed by atoms with Gasteiger partial charge in [-0.25, -0.2) is 4.39 Å². The third-order valence-corrected chi connectivity index (χ3v) is 3.38. The Bertz CT molecular complexity index is 789. The summed E-state index contributed by atoms with van der Waals surface area (Å²) in [6, 6.07) is 12.5. The van der Waals surface area contributed by atoms with Crippen molar-refractivity contribution < 1.29 is 14.3 Å². The molecule has 0 saturated carbocycles.